The van der Waals surface area contributed by atoms with Crippen molar-refractivity contribution in [1.29, 1.82) is 0 Å². The number of anilines is 1. The highest BCUT2D eigenvalue weighted by molar-refractivity contribution is 5.84. The molecule has 2 fully saturated rings. The highest BCUT2D eigenvalue weighted by Crippen LogP contribution is 2.63. The third-order valence-electron chi connectivity index (χ3n) is 7.82. The van der Waals surface area contributed by atoms with Gasteiger partial charge in [0.2, 0.25) is 0 Å². The molecule has 1 aliphatic carbocycles. The Morgan fingerprint density at radius 1 is 1.33 bits per heavy atom. The maximum atomic E-state index is 12.2. The van der Waals surface area contributed by atoms with Crippen LogP contribution in [-0.2, 0) is 10.2 Å². The number of halogens is 1. The fourth-order valence-corrected chi connectivity index (χ4v) is 6.70. The summed E-state index contributed by atoms with van der Waals surface area (Å²) in [5.41, 5.74) is 6.47. The van der Waals surface area contributed by atoms with Crippen molar-refractivity contribution in [1.82, 2.24) is 0 Å². The molecule has 3 nitrogen and oxygen atoms in total. The zero-order valence-electron chi connectivity index (χ0n) is 16.3. The molecule has 1 N–H and O–H groups in total. The molecular formula is C23H29IN2O. The monoisotopic (exact) mass is 476 g/mol. The van der Waals surface area contributed by atoms with Crippen LogP contribution in [0.4, 0.5) is 5.69 Å². The Hall–Kier alpha value is -1.14. The summed E-state index contributed by atoms with van der Waals surface area (Å²) in [5.74, 6) is 0.318. The van der Waals surface area contributed by atoms with Gasteiger partial charge in [0.15, 0.2) is 0 Å². The highest BCUT2D eigenvalue weighted by Gasteiger charge is 2.68. The lowest BCUT2D eigenvalue weighted by Gasteiger charge is -2.53. The highest BCUT2D eigenvalue weighted by atomic mass is 127. The SMILES string of the molecule is CC=C1C[N+]2(CCCC)CCC34C(=C(C=O)C1CC32)Nc1ccccc14.[I-]. The van der Waals surface area contributed by atoms with E-state index in [0.717, 1.165) is 24.8 Å². The average molecular weight is 476 g/mol. The first-order chi connectivity index (χ1) is 12.7. The number of aldehydes is 1. The van der Waals surface area contributed by atoms with Gasteiger partial charge in [-0.2, -0.15) is 0 Å². The molecule has 4 unspecified atom stereocenters. The minimum Gasteiger partial charge on any atom is -1.00 e. The number of carbonyl (C=O) groups is 1. The molecule has 3 heterocycles. The fourth-order valence-electron chi connectivity index (χ4n) is 6.70. The lowest BCUT2D eigenvalue weighted by atomic mass is 9.61. The molecule has 4 atom stereocenters. The molecule has 1 aromatic carbocycles. The van der Waals surface area contributed by atoms with Crippen LogP contribution in [0.15, 0.2) is 47.2 Å². The van der Waals surface area contributed by atoms with Crippen LogP contribution in [0, 0.1) is 5.92 Å². The van der Waals surface area contributed by atoms with Crippen LogP contribution in [0.5, 0.6) is 0 Å². The summed E-state index contributed by atoms with van der Waals surface area (Å²) < 4.78 is 1.23. The van der Waals surface area contributed by atoms with Gasteiger partial charge in [-0.1, -0.05) is 37.6 Å². The van der Waals surface area contributed by atoms with E-state index in [4.69, 9.17) is 0 Å². The standard InChI is InChI=1S/C23H28N2O.HI/c1-3-5-11-25-12-10-23-19-8-6-7-9-20(19)24-22(23)18(15-26)17(13-21(23)25)16(4-2)14-25;/h4,6-9,15,17,21H,3,5,10-14H2,1-2H3;1H. The molecule has 1 aromatic rings. The van der Waals surface area contributed by atoms with Crippen LogP contribution in [0.1, 0.15) is 45.1 Å². The van der Waals surface area contributed by atoms with Gasteiger partial charge in [0.05, 0.1) is 18.5 Å². The number of unbranched alkanes of at least 4 members (excludes halogenated alkanes) is 1. The van der Waals surface area contributed by atoms with E-state index in [0.29, 0.717) is 12.0 Å². The van der Waals surface area contributed by atoms with Gasteiger partial charge in [-0.25, -0.2) is 0 Å². The summed E-state index contributed by atoms with van der Waals surface area (Å²) >= 11 is 0. The third-order valence-corrected chi connectivity index (χ3v) is 7.82. The second-order valence-electron chi connectivity index (χ2n) is 8.69. The van der Waals surface area contributed by atoms with E-state index in [2.05, 4.69) is 49.5 Å². The normalized spacial score (nSPS) is 36.7. The number of benzene rings is 1. The van der Waals surface area contributed by atoms with Crippen molar-refractivity contribution in [3.05, 3.63) is 52.7 Å². The van der Waals surface area contributed by atoms with Gasteiger partial charge in [0.25, 0.3) is 0 Å². The van der Waals surface area contributed by atoms with Crippen molar-refractivity contribution in [3.63, 3.8) is 0 Å². The van der Waals surface area contributed by atoms with Gasteiger partial charge >= 0.3 is 0 Å². The van der Waals surface area contributed by atoms with Crippen molar-refractivity contribution in [3.8, 4) is 0 Å². The first-order valence-electron chi connectivity index (χ1n) is 10.3. The molecule has 5 rings (SSSR count). The smallest absolute Gasteiger partial charge is 0.148 e. The lowest BCUT2D eigenvalue weighted by Crippen LogP contribution is -3.00. The van der Waals surface area contributed by atoms with E-state index < -0.39 is 0 Å². The lowest BCUT2D eigenvalue weighted by molar-refractivity contribution is -0.941. The Morgan fingerprint density at radius 3 is 2.89 bits per heavy atom. The molecule has 0 saturated carbocycles. The van der Waals surface area contributed by atoms with Crippen molar-refractivity contribution >= 4 is 12.0 Å². The predicted molar refractivity (Wildman–Crippen MR) is 105 cm³/mol. The number of rotatable bonds is 4. The summed E-state index contributed by atoms with van der Waals surface area (Å²) in [4.78, 5) is 12.2. The van der Waals surface area contributed by atoms with Crippen molar-refractivity contribution < 1.29 is 33.3 Å². The number of hydrogen-bond donors (Lipinski definition) is 1. The van der Waals surface area contributed by atoms with E-state index in [1.54, 1.807) is 0 Å². The van der Waals surface area contributed by atoms with Crippen LogP contribution >= 0.6 is 0 Å². The number of allylic oxidation sites excluding steroid dienone is 2. The Balaban J connectivity index is 0.00000180. The van der Waals surface area contributed by atoms with Crippen molar-refractivity contribution in [2.45, 2.75) is 51.0 Å². The Bertz CT molecular complexity index is 845. The van der Waals surface area contributed by atoms with Crippen LogP contribution in [0.3, 0.4) is 0 Å². The van der Waals surface area contributed by atoms with Crippen LogP contribution in [0.2, 0.25) is 0 Å². The number of hydrogen-bond acceptors (Lipinski definition) is 2. The topological polar surface area (TPSA) is 29.1 Å². The quantitative estimate of drug-likeness (QED) is 0.306. The molecule has 4 heteroatoms. The largest absolute Gasteiger partial charge is 1.00 e. The zero-order chi connectivity index (χ0) is 17.9. The van der Waals surface area contributed by atoms with Crippen LogP contribution in [0.25, 0.3) is 0 Å². The predicted octanol–water partition coefficient (Wildman–Crippen LogP) is 1.18. The van der Waals surface area contributed by atoms with Crippen LogP contribution in [-0.4, -0.2) is 36.4 Å². The van der Waals surface area contributed by atoms with Gasteiger partial charge in [-0.05, 0) is 30.5 Å². The number of nitrogens with zero attached hydrogens (tertiary/aromatic N) is 1. The minimum absolute atomic E-state index is 0. The number of quaternary nitrogens is 1. The van der Waals surface area contributed by atoms with Gasteiger partial charge in [0.1, 0.15) is 18.9 Å². The molecular weight excluding hydrogens is 447 g/mol. The number of piperidine rings is 1. The second kappa shape index (κ2) is 6.73. The summed E-state index contributed by atoms with van der Waals surface area (Å²) in [6.45, 7) is 8.12. The van der Waals surface area contributed by atoms with Gasteiger partial charge < -0.3 is 33.8 Å². The van der Waals surface area contributed by atoms with Gasteiger partial charge in [-0.3, -0.25) is 4.79 Å². The molecule has 2 saturated heterocycles. The van der Waals surface area contributed by atoms with E-state index >= 15 is 0 Å². The second-order valence-corrected chi connectivity index (χ2v) is 8.69. The maximum absolute atomic E-state index is 12.2. The Labute approximate surface area is 179 Å². The van der Waals surface area contributed by atoms with E-state index in [1.807, 2.05) is 0 Å². The molecule has 4 aliphatic rings. The number of fused-ring (bicyclic) bond motifs is 2. The maximum Gasteiger partial charge on any atom is 0.148 e. The number of para-hydroxylation sites is 1. The number of carbonyl (C=O) groups excluding carboxylic acids is 1. The molecule has 0 aromatic heterocycles. The fraction of sp³-hybridized carbons (Fsp3) is 0.522. The summed E-state index contributed by atoms with van der Waals surface area (Å²) in [5, 5.41) is 3.71. The third kappa shape index (κ3) is 2.32. The van der Waals surface area contributed by atoms with Crippen molar-refractivity contribution in [2.75, 3.05) is 25.0 Å². The summed E-state index contributed by atoms with van der Waals surface area (Å²) in [7, 11) is 0. The van der Waals surface area contributed by atoms with Crippen LogP contribution < -0.4 is 29.3 Å². The molecule has 3 aliphatic heterocycles. The summed E-state index contributed by atoms with van der Waals surface area (Å²) in [6, 6.07) is 9.39. The number of nitrogens with one attached hydrogen (secondary N) is 1. The Morgan fingerprint density at radius 2 is 2.15 bits per heavy atom. The summed E-state index contributed by atoms with van der Waals surface area (Å²) in [6.07, 6.45) is 8.31. The molecule has 2 bridgehead atoms. The average Bonchev–Trinajstić information content (AvgIpc) is 3.20. The molecule has 0 amide bonds. The molecule has 27 heavy (non-hydrogen) atoms. The molecule has 144 valence electrons. The van der Waals surface area contributed by atoms with Crippen molar-refractivity contribution in [2.24, 2.45) is 5.92 Å². The van der Waals surface area contributed by atoms with Gasteiger partial charge in [0, 0.05) is 35.7 Å². The minimum atomic E-state index is 0. The van der Waals surface area contributed by atoms with E-state index in [1.165, 1.54) is 59.4 Å². The Kier molecular flexibility index (Phi) is 4.78. The van der Waals surface area contributed by atoms with E-state index in [9.17, 15) is 4.79 Å². The van der Waals surface area contributed by atoms with E-state index in [-0.39, 0.29) is 29.4 Å². The zero-order valence-corrected chi connectivity index (χ0v) is 18.5. The molecule has 1 spiro atoms. The first kappa shape index (κ1) is 19.2. The molecule has 0 radical (unpaired) electrons. The van der Waals surface area contributed by atoms with Gasteiger partial charge in [-0.15, -0.1) is 0 Å². The first-order valence-corrected chi connectivity index (χ1v) is 10.3.